The average Bonchev–Trinajstić information content (AvgIpc) is 3.44. The van der Waals surface area contributed by atoms with Gasteiger partial charge in [-0.25, -0.2) is 23.0 Å². The number of anilines is 1. The Morgan fingerprint density at radius 2 is 1.62 bits per heavy atom. The molecule has 0 saturated heterocycles. The Bertz CT molecular complexity index is 1710. The molecule has 2 heterocycles. The Morgan fingerprint density at radius 1 is 0.979 bits per heavy atom. The first kappa shape index (κ1) is 38.5. The van der Waals surface area contributed by atoms with Gasteiger partial charge in [-0.15, -0.1) is 10.2 Å². The zero-order chi connectivity index (χ0) is 36.1. The van der Waals surface area contributed by atoms with Gasteiger partial charge in [-0.05, 0) is 83.1 Å². The fourth-order valence-corrected chi connectivity index (χ4v) is 8.96. The fraction of sp³-hybridized carbons (Fsp3) is 0.515. The molecule has 0 fully saturated rings. The number of nitrogens with zero attached hydrogens (tertiary/aromatic N) is 4. The number of unbranched alkanes of at least 4 members (excludes halogenated alkanes) is 1. The molecule has 1 atom stereocenters. The van der Waals surface area contributed by atoms with Crippen LogP contribution in [0.15, 0.2) is 41.4 Å². The minimum Gasteiger partial charge on any atom is -0.443 e. The van der Waals surface area contributed by atoms with Crippen LogP contribution in [0.3, 0.4) is 0 Å². The van der Waals surface area contributed by atoms with E-state index in [0.717, 1.165) is 16.9 Å². The van der Waals surface area contributed by atoms with Gasteiger partial charge in [-0.1, -0.05) is 55.9 Å². The number of benzene rings is 1. The summed E-state index contributed by atoms with van der Waals surface area (Å²) < 4.78 is 32.1. The second kappa shape index (κ2) is 15.1. The van der Waals surface area contributed by atoms with Crippen molar-refractivity contribution in [2.45, 2.75) is 96.8 Å². The second-order valence-corrected chi connectivity index (χ2v) is 16.8. The van der Waals surface area contributed by atoms with Gasteiger partial charge in [0.15, 0.2) is 14.6 Å². The van der Waals surface area contributed by atoms with Gasteiger partial charge in [0, 0.05) is 25.7 Å². The summed E-state index contributed by atoms with van der Waals surface area (Å²) >= 11 is 1.05. The SMILES string of the molecule is Cc1cc(C)c(S(=O)(=O)[C@@](CNC(=O)c2nnc(CCCCN(C(=O)OC(C)(C)C)c3ccccn3)s2)(C(=O)ON)C(C)(C)C)c(C)c1. The van der Waals surface area contributed by atoms with E-state index in [9.17, 15) is 22.8 Å². The van der Waals surface area contributed by atoms with Gasteiger partial charge in [-0.2, -0.15) is 5.90 Å². The van der Waals surface area contributed by atoms with Crippen LogP contribution in [0.2, 0.25) is 0 Å². The highest BCUT2D eigenvalue weighted by Crippen LogP contribution is 2.43. The molecule has 2 amide bonds. The van der Waals surface area contributed by atoms with Gasteiger partial charge in [0.2, 0.25) is 5.01 Å². The van der Waals surface area contributed by atoms with Gasteiger partial charge in [0.1, 0.15) is 16.4 Å². The number of pyridine rings is 1. The third-order valence-electron chi connectivity index (χ3n) is 7.70. The predicted molar refractivity (Wildman–Crippen MR) is 183 cm³/mol. The van der Waals surface area contributed by atoms with Crippen LogP contribution in [0.4, 0.5) is 10.6 Å². The summed E-state index contributed by atoms with van der Waals surface area (Å²) in [6, 6.07) is 8.72. The van der Waals surface area contributed by atoms with Crippen molar-refractivity contribution in [3.8, 4) is 0 Å². The van der Waals surface area contributed by atoms with Crippen molar-refractivity contribution in [2.75, 3.05) is 18.0 Å². The number of sulfone groups is 1. The van der Waals surface area contributed by atoms with E-state index in [0.29, 0.717) is 47.8 Å². The molecule has 0 aliphatic rings. The van der Waals surface area contributed by atoms with Gasteiger partial charge in [0.05, 0.1) is 4.90 Å². The smallest absolute Gasteiger partial charge is 0.416 e. The van der Waals surface area contributed by atoms with E-state index in [2.05, 4.69) is 25.3 Å². The number of carbonyl (C=O) groups excluding carboxylic acids is 3. The van der Waals surface area contributed by atoms with E-state index in [1.165, 1.54) is 4.90 Å². The van der Waals surface area contributed by atoms with E-state index < -0.39 is 50.1 Å². The number of nitrogens with two attached hydrogens (primary N) is 1. The molecule has 48 heavy (non-hydrogen) atoms. The number of hydrogen-bond donors (Lipinski definition) is 2. The highest BCUT2D eigenvalue weighted by Gasteiger charge is 2.61. The quantitative estimate of drug-likeness (QED) is 0.191. The summed E-state index contributed by atoms with van der Waals surface area (Å²) in [7, 11) is -4.48. The molecule has 3 rings (SSSR count). The summed E-state index contributed by atoms with van der Waals surface area (Å²) in [5.74, 6) is 3.90. The molecule has 0 unspecified atom stereocenters. The number of rotatable bonds is 12. The van der Waals surface area contributed by atoms with Crippen LogP contribution in [0.1, 0.15) is 85.9 Å². The zero-order valence-corrected chi connectivity index (χ0v) is 30.7. The van der Waals surface area contributed by atoms with Crippen LogP contribution < -0.4 is 16.1 Å². The number of ether oxygens (including phenoxy) is 1. The van der Waals surface area contributed by atoms with Gasteiger partial charge in [-0.3, -0.25) is 9.69 Å². The summed E-state index contributed by atoms with van der Waals surface area (Å²) in [5, 5.41) is 11.3. The topological polar surface area (TPSA) is 184 Å². The largest absolute Gasteiger partial charge is 0.443 e. The molecule has 3 aromatic rings. The van der Waals surface area contributed by atoms with Crippen LogP contribution in [-0.4, -0.2) is 65.0 Å². The van der Waals surface area contributed by atoms with Crippen LogP contribution >= 0.6 is 11.3 Å². The minimum absolute atomic E-state index is 0.00196. The first-order chi connectivity index (χ1) is 22.2. The lowest BCUT2D eigenvalue weighted by Gasteiger charge is -2.41. The Hall–Kier alpha value is -3.95. The molecule has 3 N–H and O–H groups in total. The third-order valence-corrected chi connectivity index (χ3v) is 11.7. The van der Waals surface area contributed by atoms with E-state index in [4.69, 9.17) is 10.6 Å². The highest BCUT2D eigenvalue weighted by molar-refractivity contribution is 7.93. The van der Waals surface area contributed by atoms with Crippen molar-refractivity contribution in [1.29, 1.82) is 0 Å². The zero-order valence-electron chi connectivity index (χ0n) is 29.0. The molecule has 0 saturated carbocycles. The van der Waals surface area contributed by atoms with Crippen molar-refractivity contribution in [1.82, 2.24) is 20.5 Å². The Balaban J connectivity index is 1.76. The average molecular weight is 703 g/mol. The minimum atomic E-state index is -4.48. The highest BCUT2D eigenvalue weighted by atomic mass is 32.2. The molecule has 0 radical (unpaired) electrons. The Kier molecular flexibility index (Phi) is 12.1. The second-order valence-electron chi connectivity index (χ2n) is 13.7. The van der Waals surface area contributed by atoms with Crippen molar-refractivity contribution < 1.29 is 32.4 Å². The first-order valence-corrected chi connectivity index (χ1v) is 17.8. The Labute approximate surface area is 286 Å². The molecular weight excluding hydrogens is 657 g/mol. The van der Waals surface area contributed by atoms with Crippen molar-refractivity contribution in [3.63, 3.8) is 0 Å². The molecule has 262 valence electrons. The number of nitrogens with one attached hydrogen (secondary N) is 1. The van der Waals surface area contributed by atoms with Crippen molar-refractivity contribution in [2.24, 2.45) is 11.3 Å². The monoisotopic (exact) mass is 702 g/mol. The molecule has 13 nitrogen and oxygen atoms in total. The maximum Gasteiger partial charge on any atom is 0.416 e. The van der Waals surface area contributed by atoms with Crippen LogP contribution in [0, 0.1) is 26.2 Å². The van der Waals surface area contributed by atoms with E-state index in [1.807, 2.05) is 6.92 Å². The molecule has 1 aromatic carbocycles. The lowest BCUT2D eigenvalue weighted by molar-refractivity contribution is -0.150. The predicted octanol–water partition coefficient (Wildman–Crippen LogP) is 5.03. The summed E-state index contributed by atoms with van der Waals surface area (Å²) in [4.78, 5) is 49.9. The summed E-state index contributed by atoms with van der Waals surface area (Å²) in [6.07, 6.45) is 2.77. The van der Waals surface area contributed by atoms with Crippen LogP contribution in [0.5, 0.6) is 0 Å². The Morgan fingerprint density at radius 3 is 2.17 bits per heavy atom. The normalized spacial score (nSPS) is 13.4. The maximum atomic E-state index is 14.4. The van der Waals surface area contributed by atoms with E-state index >= 15 is 0 Å². The standard InChI is InChI=1S/C33H46N6O7S2/c1-21-18-22(2)26(23(3)19-21)48(43,44)33(29(41)46-34,31(4,5)6)20-36-27(40)28-38-37-25(47-28)15-11-13-17-39(24-14-10-12-16-35-24)30(42)45-32(7,8)9/h10,12,14,16,18-19H,11,13,15,17,20,34H2,1-9H3,(H,36,40)/t33-/m0/s1. The first-order valence-electron chi connectivity index (χ1n) is 15.5. The molecule has 15 heteroatoms. The number of carbonyl (C=O) groups is 3. The number of aryl methyl sites for hydroxylation is 4. The van der Waals surface area contributed by atoms with Gasteiger partial charge < -0.3 is 14.9 Å². The molecule has 0 aliphatic carbocycles. The number of aromatic nitrogens is 3. The lowest BCUT2D eigenvalue weighted by Crippen LogP contribution is -2.63. The van der Waals surface area contributed by atoms with Gasteiger partial charge in [0.25, 0.3) is 5.91 Å². The lowest BCUT2D eigenvalue weighted by atomic mass is 9.79. The summed E-state index contributed by atoms with van der Waals surface area (Å²) in [5.41, 5.74) is -0.164. The molecule has 0 spiro atoms. The molecule has 0 aliphatic heterocycles. The molecular formula is C33H46N6O7S2. The number of hydrogen-bond acceptors (Lipinski definition) is 12. The van der Waals surface area contributed by atoms with Crippen molar-refractivity contribution >= 4 is 45.0 Å². The maximum absolute atomic E-state index is 14.4. The van der Waals surface area contributed by atoms with E-state index in [1.54, 1.807) is 91.9 Å². The van der Waals surface area contributed by atoms with Gasteiger partial charge >= 0.3 is 12.1 Å². The third kappa shape index (κ3) is 8.55. The fourth-order valence-electron chi connectivity index (χ4n) is 5.51. The summed E-state index contributed by atoms with van der Waals surface area (Å²) in [6.45, 7) is 15.0. The number of amides is 2. The van der Waals surface area contributed by atoms with Crippen LogP contribution in [0.25, 0.3) is 0 Å². The van der Waals surface area contributed by atoms with Crippen molar-refractivity contribution in [3.05, 3.63) is 63.2 Å². The molecule has 2 aromatic heterocycles. The van der Waals surface area contributed by atoms with Crippen LogP contribution in [-0.2, 0) is 30.6 Å². The van der Waals surface area contributed by atoms with E-state index in [-0.39, 0.29) is 9.90 Å². The molecule has 0 bridgehead atoms.